The summed E-state index contributed by atoms with van der Waals surface area (Å²) in [6.45, 7) is 4.61. The minimum Gasteiger partial charge on any atom is -0.488 e. The highest BCUT2D eigenvalue weighted by Crippen LogP contribution is 2.27. The van der Waals surface area contributed by atoms with E-state index in [4.69, 9.17) is 4.74 Å². The molecule has 0 bridgehead atoms. The SMILES string of the molecule is CN1CCC(CNCC2Cc3ccccc3O2)CC1. The zero-order valence-electron chi connectivity index (χ0n) is 11.8. The monoisotopic (exact) mass is 260 g/mol. The molecule has 0 radical (unpaired) electrons. The summed E-state index contributed by atoms with van der Waals surface area (Å²) in [5.74, 6) is 1.92. The van der Waals surface area contributed by atoms with Gasteiger partial charge in [-0.1, -0.05) is 18.2 Å². The van der Waals surface area contributed by atoms with E-state index in [1.54, 1.807) is 0 Å². The molecule has 0 amide bonds. The molecule has 0 aromatic heterocycles. The van der Waals surface area contributed by atoms with Crippen LogP contribution < -0.4 is 10.1 Å². The van der Waals surface area contributed by atoms with Gasteiger partial charge in [0.1, 0.15) is 11.9 Å². The first-order valence-corrected chi connectivity index (χ1v) is 7.45. The molecule has 0 spiro atoms. The molecule has 2 heterocycles. The average molecular weight is 260 g/mol. The van der Waals surface area contributed by atoms with Crippen molar-refractivity contribution in [3.05, 3.63) is 29.8 Å². The van der Waals surface area contributed by atoms with Crippen LogP contribution in [-0.2, 0) is 6.42 Å². The first kappa shape index (κ1) is 12.9. The lowest BCUT2D eigenvalue weighted by Gasteiger charge is -2.29. The quantitative estimate of drug-likeness (QED) is 0.895. The van der Waals surface area contributed by atoms with E-state index in [1.165, 1.54) is 31.5 Å². The van der Waals surface area contributed by atoms with E-state index in [0.29, 0.717) is 6.10 Å². The lowest BCUT2D eigenvalue weighted by molar-refractivity contribution is 0.199. The molecular formula is C16H24N2O. The Morgan fingerprint density at radius 3 is 2.79 bits per heavy atom. The van der Waals surface area contributed by atoms with E-state index < -0.39 is 0 Å². The summed E-state index contributed by atoms with van der Waals surface area (Å²) in [6.07, 6.45) is 4.03. The average Bonchev–Trinajstić information content (AvgIpc) is 2.83. The molecule has 104 valence electrons. The molecule has 0 aliphatic carbocycles. The second-order valence-electron chi connectivity index (χ2n) is 5.96. The third-order valence-corrected chi connectivity index (χ3v) is 4.36. The summed E-state index contributed by atoms with van der Waals surface area (Å²) in [6, 6.07) is 8.39. The molecule has 3 rings (SSSR count). The predicted molar refractivity (Wildman–Crippen MR) is 77.7 cm³/mol. The third kappa shape index (κ3) is 3.28. The van der Waals surface area contributed by atoms with Gasteiger partial charge >= 0.3 is 0 Å². The maximum absolute atomic E-state index is 5.94. The Bertz CT molecular complexity index is 388. The van der Waals surface area contributed by atoms with Crippen LogP contribution in [0.4, 0.5) is 0 Å². The van der Waals surface area contributed by atoms with Crippen LogP contribution >= 0.6 is 0 Å². The second-order valence-corrected chi connectivity index (χ2v) is 5.96. The molecule has 2 aliphatic rings. The molecule has 1 aromatic rings. The predicted octanol–water partition coefficient (Wildman–Crippen LogP) is 1.92. The highest BCUT2D eigenvalue weighted by atomic mass is 16.5. The maximum atomic E-state index is 5.94. The Morgan fingerprint density at radius 1 is 1.21 bits per heavy atom. The van der Waals surface area contributed by atoms with E-state index in [9.17, 15) is 0 Å². The fourth-order valence-corrected chi connectivity index (χ4v) is 3.08. The number of benzene rings is 1. The van der Waals surface area contributed by atoms with E-state index >= 15 is 0 Å². The van der Waals surface area contributed by atoms with Crippen molar-refractivity contribution in [2.24, 2.45) is 5.92 Å². The van der Waals surface area contributed by atoms with Gasteiger partial charge in [-0.15, -0.1) is 0 Å². The van der Waals surface area contributed by atoms with E-state index in [-0.39, 0.29) is 0 Å². The minimum atomic E-state index is 0.323. The van der Waals surface area contributed by atoms with Crippen molar-refractivity contribution in [1.82, 2.24) is 10.2 Å². The lowest BCUT2D eigenvalue weighted by atomic mass is 9.97. The van der Waals surface area contributed by atoms with Crippen molar-refractivity contribution in [1.29, 1.82) is 0 Å². The Labute approximate surface area is 115 Å². The van der Waals surface area contributed by atoms with E-state index in [1.807, 2.05) is 6.07 Å². The van der Waals surface area contributed by atoms with Gasteiger partial charge in [0.15, 0.2) is 0 Å². The molecule has 1 N–H and O–H groups in total. The summed E-state index contributed by atoms with van der Waals surface area (Å²) < 4.78 is 5.94. The van der Waals surface area contributed by atoms with Gasteiger partial charge < -0.3 is 15.0 Å². The van der Waals surface area contributed by atoms with Gasteiger partial charge in [-0.05, 0) is 57.1 Å². The lowest BCUT2D eigenvalue weighted by Crippen LogP contribution is -2.38. The van der Waals surface area contributed by atoms with Crippen molar-refractivity contribution in [3.8, 4) is 5.75 Å². The van der Waals surface area contributed by atoms with Crippen molar-refractivity contribution in [2.75, 3.05) is 33.2 Å². The molecule has 1 atom stereocenters. The fourth-order valence-electron chi connectivity index (χ4n) is 3.08. The van der Waals surface area contributed by atoms with Gasteiger partial charge in [0, 0.05) is 13.0 Å². The number of ether oxygens (including phenoxy) is 1. The van der Waals surface area contributed by atoms with Crippen molar-refractivity contribution >= 4 is 0 Å². The molecule has 1 fully saturated rings. The van der Waals surface area contributed by atoms with Crippen LogP contribution in [0.5, 0.6) is 5.75 Å². The number of para-hydroxylation sites is 1. The van der Waals surface area contributed by atoms with E-state index in [2.05, 4.69) is 35.5 Å². The summed E-state index contributed by atoms with van der Waals surface area (Å²) in [7, 11) is 2.22. The number of hydrogen-bond donors (Lipinski definition) is 1. The summed E-state index contributed by atoms with van der Waals surface area (Å²) >= 11 is 0. The molecule has 3 nitrogen and oxygen atoms in total. The largest absolute Gasteiger partial charge is 0.488 e. The Hall–Kier alpha value is -1.06. The normalized spacial score (nSPS) is 24.2. The summed E-state index contributed by atoms with van der Waals surface area (Å²) in [5, 5.41) is 3.60. The zero-order chi connectivity index (χ0) is 13.1. The van der Waals surface area contributed by atoms with Crippen molar-refractivity contribution < 1.29 is 4.74 Å². The molecule has 1 unspecified atom stereocenters. The van der Waals surface area contributed by atoms with Crippen molar-refractivity contribution in [3.63, 3.8) is 0 Å². The Morgan fingerprint density at radius 2 is 2.00 bits per heavy atom. The van der Waals surface area contributed by atoms with Crippen LogP contribution in [0.1, 0.15) is 18.4 Å². The standard InChI is InChI=1S/C16H24N2O/c1-18-8-6-13(7-9-18)11-17-12-15-10-14-4-2-3-5-16(14)19-15/h2-5,13,15,17H,6-12H2,1H3. The van der Waals surface area contributed by atoms with Crippen LogP contribution in [0.25, 0.3) is 0 Å². The van der Waals surface area contributed by atoms with E-state index in [0.717, 1.165) is 31.2 Å². The van der Waals surface area contributed by atoms with Crippen LogP contribution in [0, 0.1) is 5.92 Å². The highest BCUT2D eigenvalue weighted by molar-refractivity contribution is 5.37. The smallest absolute Gasteiger partial charge is 0.123 e. The first-order chi connectivity index (χ1) is 9.31. The van der Waals surface area contributed by atoms with Crippen LogP contribution in [-0.4, -0.2) is 44.2 Å². The topological polar surface area (TPSA) is 24.5 Å². The van der Waals surface area contributed by atoms with Crippen LogP contribution in [0.3, 0.4) is 0 Å². The molecule has 1 saturated heterocycles. The van der Waals surface area contributed by atoms with Gasteiger partial charge in [0.05, 0.1) is 0 Å². The molecule has 19 heavy (non-hydrogen) atoms. The molecule has 1 aromatic carbocycles. The molecule has 2 aliphatic heterocycles. The number of likely N-dealkylation sites (tertiary alicyclic amines) is 1. The number of nitrogens with zero attached hydrogens (tertiary/aromatic N) is 1. The molecule has 0 saturated carbocycles. The second kappa shape index (κ2) is 5.93. The van der Waals surface area contributed by atoms with Gasteiger partial charge in [0.2, 0.25) is 0 Å². The summed E-state index contributed by atoms with van der Waals surface area (Å²) in [5.41, 5.74) is 1.36. The summed E-state index contributed by atoms with van der Waals surface area (Å²) in [4.78, 5) is 2.42. The highest BCUT2D eigenvalue weighted by Gasteiger charge is 2.22. The van der Waals surface area contributed by atoms with Gasteiger partial charge in [-0.2, -0.15) is 0 Å². The number of fused-ring (bicyclic) bond motifs is 1. The van der Waals surface area contributed by atoms with Crippen LogP contribution in [0.2, 0.25) is 0 Å². The Kier molecular flexibility index (Phi) is 4.04. The first-order valence-electron chi connectivity index (χ1n) is 7.45. The van der Waals surface area contributed by atoms with Gasteiger partial charge in [-0.25, -0.2) is 0 Å². The zero-order valence-corrected chi connectivity index (χ0v) is 11.8. The van der Waals surface area contributed by atoms with Gasteiger partial charge in [0.25, 0.3) is 0 Å². The third-order valence-electron chi connectivity index (χ3n) is 4.36. The van der Waals surface area contributed by atoms with Crippen LogP contribution in [0.15, 0.2) is 24.3 Å². The number of rotatable bonds is 4. The minimum absolute atomic E-state index is 0.323. The number of piperidine rings is 1. The number of nitrogens with one attached hydrogen (secondary N) is 1. The molecule has 3 heteroatoms. The fraction of sp³-hybridized carbons (Fsp3) is 0.625. The number of hydrogen-bond acceptors (Lipinski definition) is 3. The Balaban J connectivity index is 1.38. The van der Waals surface area contributed by atoms with Crippen molar-refractivity contribution in [2.45, 2.75) is 25.4 Å². The molecular weight excluding hydrogens is 236 g/mol. The maximum Gasteiger partial charge on any atom is 0.123 e. The van der Waals surface area contributed by atoms with Gasteiger partial charge in [-0.3, -0.25) is 0 Å².